The first-order chi connectivity index (χ1) is 14.5. The number of pyridine rings is 1. The van der Waals surface area contributed by atoms with Crippen molar-refractivity contribution in [3.05, 3.63) is 47.4 Å². The second-order valence-electron chi connectivity index (χ2n) is 7.25. The molecule has 4 rings (SSSR count). The van der Waals surface area contributed by atoms with Crippen LogP contribution in [-0.4, -0.2) is 71.5 Å². The van der Waals surface area contributed by atoms with Gasteiger partial charge in [-0.05, 0) is 37.3 Å². The third-order valence-electron chi connectivity index (χ3n) is 5.29. The molecular weight excluding hydrogens is 389 g/mol. The number of piperazine rings is 1. The first-order valence-electron chi connectivity index (χ1n) is 9.71. The molecule has 2 aromatic heterocycles. The van der Waals surface area contributed by atoms with Gasteiger partial charge in [-0.1, -0.05) is 5.16 Å². The predicted molar refractivity (Wildman–Crippen MR) is 108 cm³/mol. The zero-order valence-corrected chi connectivity index (χ0v) is 16.8. The first kappa shape index (κ1) is 20.0. The molecule has 0 unspecified atom stereocenters. The summed E-state index contributed by atoms with van der Waals surface area (Å²) in [6.07, 6.45) is 0. The van der Waals surface area contributed by atoms with E-state index in [1.807, 2.05) is 4.90 Å². The number of likely N-dealkylation sites (N-methyl/N-ethyl adjacent to an activating group) is 1. The van der Waals surface area contributed by atoms with Crippen molar-refractivity contribution >= 4 is 22.9 Å². The van der Waals surface area contributed by atoms with E-state index in [0.29, 0.717) is 60.6 Å². The van der Waals surface area contributed by atoms with Gasteiger partial charge in [-0.3, -0.25) is 14.5 Å². The third kappa shape index (κ3) is 3.88. The lowest BCUT2D eigenvalue weighted by atomic mass is 10.0. The van der Waals surface area contributed by atoms with Gasteiger partial charge in [0.25, 0.3) is 11.6 Å². The van der Waals surface area contributed by atoms with Gasteiger partial charge in [0.15, 0.2) is 0 Å². The second kappa shape index (κ2) is 8.19. The summed E-state index contributed by atoms with van der Waals surface area (Å²) in [7, 11) is 1.61. The van der Waals surface area contributed by atoms with Gasteiger partial charge in [-0.25, -0.2) is 9.37 Å². The van der Waals surface area contributed by atoms with Crippen LogP contribution in [0.15, 0.2) is 34.9 Å². The van der Waals surface area contributed by atoms with Crippen LogP contribution in [0.3, 0.4) is 0 Å². The summed E-state index contributed by atoms with van der Waals surface area (Å²) in [5.74, 6) is -0.535. The van der Waals surface area contributed by atoms with Crippen LogP contribution < -0.4 is 5.32 Å². The number of rotatable bonds is 4. The number of benzene rings is 1. The molecule has 0 radical (unpaired) electrons. The Morgan fingerprint density at radius 2 is 1.87 bits per heavy atom. The van der Waals surface area contributed by atoms with E-state index >= 15 is 0 Å². The van der Waals surface area contributed by atoms with E-state index in [0.717, 1.165) is 0 Å². The highest BCUT2D eigenvalue weighted by molar-refractivity contribution is 6.07. The molecule has 1 fully saturated rings. The van der Waals surface area contributed by atoms with Gasteiger partial charge in [0, 0.05) is 38.8 Å². The predicted octanol–water partition coefficient (Wildman–Crippen LogP) is 1.84. The zero-order chi connectivity index (χ0) is 21.3. The Balaban J connectivity index is 1.63. The lowest BCUT2D eigenvalue weighted by Gasteiger charge is -2.34. The molecule has 30 heavy (non-hydrogen) atoms. The van der Waals surface area contributed by atoms with Crippen molar-refractivity contribution < 1.29 is 18.5 Å². The van der Waals surface area contributed by atoms with Crippen LogP contribution in [0.1, 0.15) is 16.1 Å². The number of carbonyl (C=O) groups is 2. The van der Waals surface area contributed by atoms with Gasteiger partial charge in [-0.2, -0.15) is 0 Å². The molecule has 156 valence electrons. The van der Waals surface area contributed by atoms with Crippen LogP contribution in [0, 0.1) is 12.7 Å². The summed E-state index contributed by atoms with van der Waals surface area (Å²) < 4.78 is 18.6. The molecule has 9 heteroatoms. The number of fused-ring (bicyclic) bond motifs is 1. The highest BCUT2D eigenvalue weighted by Gasteiger charge is 2.27. The Bertz CT molecular complexity index is 1090. The largest absolute Gasteiger partial charge is 0.358 e. The molecule has 1 aliphatic heterocycles. The summed E-state index contributed by atoms with van der Waals surface area (Å²) in [6.45, 7) is 4.33. The zero-order valence-electron chi connectivity index (χ0n) is 16.8. The number of halogens is 1. The normalized spacial score (nSPS) is 14.8. The molecule has 0 saturated carbocycles. The average molecular weight is 411 g/mol. The number of amides is 2. The van der Waals surface area contributed by atoms with E-state index in [2.05, 4.69) is 15.5 Å². The number of nitrogens with zero attached hydrogens (tertiary/aromatic N) is 4. The molecule has 0 spiro atoms. The lowest BCUT2D eigenvalue weighted by molar-refractivity contribution is -0.122. The number of aromatic nitrogens is 2. The molecule has 1 saturated heterocycles. The average Bonchev–Trinajstić information content (AvgIpc) is 3.14. The Morgan fingerprint density at radius 1 is 1.17 bits per heavy atom. The SMILES string of the molecule is CNC(=O)CN1CCN(C(=O)c2cc(-c3ccc(F)cc3)nc3onc(C)c23)CC1. The Morgan fingerprint density at radius 3 is 2.53 bits per heavy atom. The van der Waals surface area contributed by atoms with Crippen molar-refractivity contribution in [1.82, 2.24) is 25.3 Å². The van der Waals surface area contributed by atoms with Crippen molar-refractivity contribution in [3.8, 4) is 11.3 Å². The van der Waals surface area contributed by atoms with Crippen LogP contribution in [0.4, 0.5) is 4.39 Å². The second-order valence-corrected chi connectivity index (χ2v) is 7.25. The maximum Gasteiger partial charge on any atom is 0.259 e. The minimum Gasteiger partial charge on any atom is -0.358 e. The third-order valence-corrected chi connectivity index (χ3v) is 5.29. The maximum absolute atomic E-state index is 13.4. The van der Waals surface area contributed by atoms with Gasteiger partial charge in [-0.15, -0.1) is 0 Å². The van der Waals surface area contributed by atoms with Crippen molar-refractivity contribution in [1.29, 1.82) is 0 Å². The molecule has 1 aromatic carbocycles. The highest BCUT2D eigenvalue weighted by Crippen LogP contribution is 2.28. The maximum atomic E-state index is 13.4. The van der Waals surface area contributed by atoms with Crippen molar-refractivity contribution in [2.24, 2.45) is 0 Å². The molecular formula is C21H22FN5O3. The fourth-order valence-electron chi connectivity index (χ4n) is 3.59. The molecule has 0 aliphatic carbocycles. The standard InChI is InChI=1S/C21H22FN5O3/c1-13-19-16(21(29)27-9-7-26(8-10-27)12-18(28)23-2)11-17(24-20(19)30-25-13)14-3-5-15(22)6-4-14/h3-6,11H,7-10,12H2,1-2H3,(H,23,28). The fraction of sp³-hybridized carbons (Fsp3) is 0.333. The molecule has 2 amide bonds. The smallest absolute Gasteiger partial charge is 0.259 e. The van der Waals surface area contributed by atoms with Gasteiger partial charge in [0.1, 0.15) is 5.82 Å². The molecule has 0 atom stereocenters. The van der Waals surface area contributed by atoms with Gasteiger partial charge in [0.05, 0.1) is 28.9 Å². The van der Waals surface area contributed by atoms with E-state index in [1.54, 1.807) is 37.1 Å². The van der Waals surface area contributed by atoms with Crippen molar-refractivity contribution in [3.63, 3.8) is 0 Å². The number of hydrogen-bond acceptors (Lipinski definition) is 6. The first-order valence-corrected chi connectivity index (χ1v) is 9.71. The van der Waals surface area contributed by atoms with Crippen molar-refractivity contribution in [2.45, 2.75) is 6.92 Å². The summed E-state index contributed by atoms with van der Waals surface area (Å²) in [5.41, 5.74) is 2.51. The van der Waals surface area contributed by atoms with Crippen LogP contribution in [0.2, 0.25) is 0 Å². The van der Waals surface area contributed by atoms with Crippen LogP contribution >= 0.6 is 0 Å². The Kier molecular flexibility index (Phi) is 5.45. The van der Waals surface area contributed by atoms with Gasteiger partial charge >= 0.3 is 0 Å². The van der Waals surface area contributed by atoms with Crippen LogP contribution in [0.25, 0.3) is 22.4 Å². The summed E-state index contributed by atoms with van der Waals surface area (Å²) in [4.78, 5) is 33.2. The Hall–Kier alpha value is -3.33. The summed E-state index contributed by atoms with van der Waals surface area (Å²) >= 11 is 0. The van der Waals surface area contributed by atoms with Gasteiger partial charge in [0.2, 0.25) is 5.91 Å². The molecule has 1 N–H and O–H groups in total. The summed E-state index contributed by atoms with van der Waals surface area (Å²) in [6, 6.07) is 7.62. The molecule has 3 aromatic rings. The number of hydrogen-bond donors (Lipinski definition) is 1. The van der Waals surface area contributed by atoms with Crippen molar-refractivity contribution in [2.75, 3.05) is 39.8 Å². The molecule has 0 bridgehead atoms. The lowest BCUT2D eigenvalue weighted by Crippen LogP contribution is -2.50. The topological polar surface area (TPSA) is 91.6 Å². The highest BCUT2D eigenvalue weighted by atomic mass is 19.1. The van der Waals surface area contributed by atoms with E-state index in [1.165, 1.54) is 12.1 Å². The molecule has 3 heterocycles. The monoisotopic (exact) mass is 411 g/mol. The molecule has 1 aliphatic rings. The minimum atomic E-state index is -0.346. The van der Waals surface area contributed by atoms with Gasteiger partial charge < -0.3 is 14.7 Å². The van der Waals surface area contributed by atoms with E-state index in [-0.39, 0.29) is 23.3 Å². The minimum absolute atomic E-state index is 0.0466. The number of aryl methyl sites for hydroxylation is 1. The van der Waals surface area contributed by atoms with Crippen LogP contribution in [-0.2, 0) is 4.79 Å². The quantitative estimate of drug-likeness (QED) is 0.705. The van der Waals surface area contributed by atoms with E-state index < -0.39 is 0 Å². The Labute approximate surface area is 172 Å². The number of carbonyl (C=O) groups excluding carboxylic acids is 2. The van der Waals surface area contributed by atoms with E-state index in [4.69, 9.17) is 4.52 Å². The number of nitrogens with one attached hydrogen (secondary N) is 1. The summed E-state index contributed by atoms with van der Waals surface area (Å²) in [5, 5.41) is 7.16. The van der Waals surface area contributed by atoms with Crippen LogP contribution in [0.5, 0.6) is 0 Å². The fourth-order valence-corrected chi connectivity index (χ4v) is 3.59. The van der Waals surface area contributed by atoms with E-state index in [9.17, 15) is 14.0 Å². The molecule has 8 nitrogen and oxygen atoms in total.